The van der Waals surface area contributed by atoms with E-state index in [1.54, 1.807) is 0 Å². The number of aromatic nitrogens is 3. The highest BCUT2D eigenvalue weighted by Gasteiger charge is 2.14. The van der Waals surface area contributed by atoms with Gasteiger partial charge in [-0.1, -0.05) is 30.3 Å². The first-order valence-electron chi connectivity index (χ1n) is 6.03. The first kappa shape index (κ1) is 14.6. The van der Waals surface area contributed by atoms with Crippen molar-refractivity contribution >= 4 is 10.0 Å². The fraction of sp³-hybridized carbons (Fsp3) is 0.333. The minimum Gasteiger partial charge on any atom is -0.372 e. The molecule has 0 unspecified atom stereocenters. The molecule has 2 rings (SSSR count). The molecule has 0 saturated heterocycles. The van der Waals surface area contributed by atoms with Gasteiger partial charge < -0.3 is 4.74 Å². The third-order valence-corrected chi connectivity index (χ3v) is 3.37. The molecule has 0 radical (unpaired) electrons. The van der Waals surface area contributed by atoms with Gasteiger partial charge in [0, 0.05) is 0 Å². The van der Waals surface area contributed by atoms with Gasteiger partial charge in [0.15, 0.2) is 0 Å². The summed E-state index contributed by atoms with van der Waals surface area (Å²) in [5.74, 6) is 0. The number of hydrogen-bond acceptors (Lipinski definition) is 5. The van der Waals surface area contributed by atoms with E-state index < -0.39 is 10.0 Å². The highest BCUT2D eigenvalue weighted by molar-refractivity contribution is 7.89. The molecule has 0 spiro atoms. The Morgan fingerprint density at radius 2 is 2.05 bits per heavy atom. The molecule has 0 aliphatic carbocycles. The maximum Gasteiger partial charge on any atom is 0.259 e. The predicted octanol–water partition coefficient (Wildman–Crippen LogP) is 0.531. The summed E-state index contributed by atoms with van der Waals surface area (Å²) in [4.78, 5) is 1.26. The summed E-state index contributed by atoms with van der Waals surface area (Å²) in [5, 5.41) is 12.4. The Labute approximate surface area is 117 Å². The standard InChI is InChI=1S/C12H16N4O3S/c1-10(19-9-11-5-3-2-4-6-11)8-16-14-7-12(15-16)20(13,17)18/h2-7,10H,8-9H2,1H3,(H2,13,17,18)/t10-/m1/s1. The van der Waals surface area contributed by atoms with E-state index in [4.69, 9.17) is 9.88 Å². The molecule has 2 N–H and O–H groups in total. The van der Waals surface area contributed by atoms with Crippen LogP contribution < -0.4 is 5.14 Å². The lowest BCUT2D eigenvalue weighted by atomic mass is 10.2. The summed E-state index contributed by atoms with van der Waals surface area (Å²) in [6.45, 7) is 2.69. The van der Waals surface area contributed by atoms with Crippen molar-refractivity contribution in [2.75, 3.05) is 0 Å². The van der Waals surface area contributed by atoms with Crippen LogP contribution in [0.15, 0.2) is 41.6 Å². The fourth-order valence-corrected chi connectivity index (χ4v) is 2.00. The Kier molecular flexibility index (Phi) is 4.48. The zero-order valence-electron chi connectivity index (χ0n) is 11.0. The second-order valence-corrected chi connectivity index (χ2v) is 5.90. The van der Waals surface area contributed by atoms with Crippen LogP contribution in [0.1, 0.15) is 12.5 Å². The van der Waals surface area contributed by atoms with Crippen molar-refractivity contribution in [3.8, 4) is 0 Å². The number of hydrogen-bond donors (Lipinski definition) is 1. The van der Waals surface area contributed by atoms with E-state index in [2.05, 4.69) is 10.2 Å². The Hall–Kier alpha value is -1.77. The smallest absolute Gasteiger partial charge is 0.259 e. The summed E-state index contributed by atoms with van der Waals surface area (Å²) in [6.07, 6.45) is 0.968. The Morgan fingerprint density at radius 3 is 2.65 bits per heavy atom. The number of nitrogens with two attached hydrogens (primary N) is 1. The maximum absolute atomic E-state index is 11.1. The van der Waals surface area contributed by atoms with Crippen molar-refractivity contribution < 1.29 is 13.2 Å². The summed E-state index contributed by atoms with van der Waals surface area (Å²) < 4.78 is 27.8. The molecular weight excluding hydrogens is 280 g/mol. The van der Waals surface area contributed by atoms with Crippen LogP contribution in [0.25, 0.3) is 0 Å². The van der Waals surface area contributed by atoms with E-state index in [0.29, 0.717) is 13.2 Å². The monoisotopic (exact) mass is 296 g/mol. The molecule has 8 heteroatoms. The molecule has 1 heterocycles. The molecule has 1 aromatic carbocycles. The van der Waals surface area contributed by atoms with E-state index in [9.17, 15) is 8.42 Å². The number of rotatable bonds is 6. The van der Waals surface area contributed by atoms with Crippen LogP contribution in [0.4, 0.5) is 0 Å². The quantitative estimate of drug-likeness (QED) is 0.838. The number of sulfonamides is 1. The van der Waals surface area contributed by atoms with Gasteiger partial charge in [-0.3, -0.25) is 0 Å². The lowest BCUT2D eigenvalue weighted by molar-refractivity contribution is 0.0366. The molecule has 0 fully saturated rings. The SMILES string of the molecule is C[C@H](Cn1ncc(S(N)(=O)=O)n1)OCc1ccccc1. The zero-order valence-corrected chi connectivity index (χ0v) is 11.8. The van der Waals surface area contributed by atoms with Gasteiger partial charge in [0.25, 0.3) is 10.0 Å². The normalized spacial score (nSPS) is 13.3. The van der Waals surface area contributed by atoms with Crippen LogP contribution in [0, 0.1) is 0 Å². The second kappa shape index (κ2) is 6.12. The van der Waals surface area contributed by atoms with Crippen LogP contribution in [0.3, 0.4) is 0 Å². The van der Waals surface area contributed by atoms with Crippen LogP contribution in [-0.2, 0) is 27.9 Å². The molecule has 7 nitrogen and oxygen atoms in total. The van der Waals surface area contributed by atoms with Crippen molar-refractivity contribution in [2.45, 2.75) is 31.2 Å². The minimum absolute atomic E-state index is 0.157. The van der Waals surface area contributed by atoms with Gasteiger partial charge in [0.1, 0.15) is 0 Å². The van der Waals surface area contributed by atoms with Crippen molar-refractivity contribution in [2.24, 2.45) is 5.14 Å². The van der Waals surface area contributed by atoms with Crippen molar-refractivity contribution in [1.82, 2.24) is 15.0 Å². The Morgan fingerprint density at radius 1 is 1.35 bits per heavy atom. The second-order valence-electron chi connectivity index (χ2n) is 4.39. The largest absolute Gasteiger partial charge is 0.372 e. The minimum atomic E-state index is -3.81. The summed E-state index contributed by atoms with van der Waals surface area (Å²) in [5.41, 5.74) is 1.07. The van der Waals surface area contributed by atoms with Crippen LogP contribution in [0.2, 0.25) is 0 Å². The Bertz CT molecular complexity index is 654. The molecule has 0 aliphatic heterocycles. The average Bonchev–Trinajstić information content (AvgIpc) is 2.86. The lowest BCUT2D eigenvalue weighted by Crippen LogP contribution is -2.19. The molecule has 0 saturated carbocycles. The van der Waals surface area contributed by atoms with E-state index in [-0.39, 0.29) is 11.1 Å². The molecule has 0 amide bonds. The van der Waals surface area contributed by atoms with Gasteiger partial charge in [-0.05, 0) is 12.5 Å². The number of ether oxygens (including phenoxy) is 1. The van der Waals surface area contributed by atoms with Gasteiger partial charge in [0.2, 0.25) is 5.03 Å². The van der Waals surface area contributed by atoms with E-state index in [0.717, 1.165) is 11.8 Å². The first-order valence-corrected chi connectivity index (χ1v) is 7.58. The van der Waals surface area contributed by atoms with Crippen molar-refractivity contribution in [1.29, 1.82) is 0 Å². The molecule has 2 aromatic rings. The summed E-state index contributed by atoms with van der Waals surface area (Å²) >= 11 is 0. The van der Waals surface area contributed by atoms with Crippen molar-refractivity contribution in [3.05, 3.63) is 42.1 Å². The number of primary sulfonamides is 1. The van der Waals surface area contributed by atoms with Crippen LogP contribution in [-0.4, -0.2) is 29.5 Å². The third-order valence-electron chi connectivity index (χ3n) is 2.60. The lowest BCUT2D eigenvalue weighted by Gasteiger charge is -2.12. The highest BCUT2D eigenvalue weighted by Crippen LogP contribution is 2.05. The maximum atomic E-state index is 11.1. The predicted molar refractivity (Wildman–Crippen MR) is 72.1 cm³/mol. The zero-order chi connectivity index (χ0) is 14.6. The van der Waals surface area contributed by atoms with Gasteiger partial charge in [-0.25, -0.2) is 13.6 Å². The van der Waals surface area contributed by atoms with Gasteiger partial charge >= 0.3 is 0 Å². The van der Waals surface area contributed by atoms with Crippen molar-refractivity contribution in [3.63, 3.8) is 0 Å². The molecule has 108 valence electrons. The van der Waals surface area contributed by atoms with E-state index in [1.807, 2.05) is 37.3 Å². The van der Waals surface area contributed by atoms with Gasteiger partial charge in [-0.15, -0.1) is 5.10 Å². The van der Waals surface area contributed by atoms with Gasteiger partial charge in [0.05, 0.1) is 25.5 Å². The fourth-order valence-electron chi connectivity index (χ4n) is 1.60. The summed E-state index contributed by atoms with van der Waals surface area (Å²) in [7, 11) is -3.81. The van der Waals surface area contributed by atoms with Crippen LogP contribution in [0.5, 0.6) is 0 Å². The topological polar surface area (TPSA) is 100 Å². The number of nitrogens with zero attached hydrogens (tertiary/aromatic N) is 3. The summed E-state index contributed by atoms with van der Waals surface area (Å²) in [6, 6.07) is 9.76. The van der Waals surface area contributed by atoms with Gasteiger partial charge in [-0.2, -0.15) is 9.90 Å². The first-order chi connectivity index (χ1) is 9.45. The molecule has 0 aliphatic rings. The van der Waals surface area contributed by atoms with Crippen LogP contribution >= 0.6 is 0 Å². The van der Waals surface area contributed by atoms with E-state index in [1.165, 1.54) is 4.80 Å². The Balaban J connectivity index is 1.88. The molecule has 1 atom stereocenters. The average molecular weight is 296 g/mol. The molecule has 20 heavy (non-hydrogen) atoms. The van der Waals surface area contributed by atoms with E-state index >= 15 is 0 Å². The molecule has 1 aromatic heterocycles. The third kappa shape index (κ3) is 4.12. The molecular formula is C12H16N4O3S. The number of benzene rings is 1. The molecule has 0 bridgehead atoms. The highest BCUT2D eigenvalue weighted by atomic mass is 32.2.